The van der Waals surface area contributed by atoms with E-state index in [-0.39, 0.29) is 5.97 Å². The predicted octanol–water partition coefficient (Wildman–Crippen LogP) is 2.56. The van der Waals surface area contributed by atoms with Gasteiger partial charge in [0.1, 0.15) is 11.3 Å². The minimum Gasteiger partial charge on any atom is -0.493 e. The lowest BCUT2D eigenvalue weighted by Crippen LogP contribution is -2.51. The maximum Gasteiger partial charge on any atom is 0.325 e. The van der Waals surface area contributed by atoms with Crippen molar-refractivity contribution in [1.82, 2.24) is 5.32 Å². The average molecular weight is 279 g/mol. The van der Waals surface area contributed by atoms with Crippen molar-refractivity contribution in [2.75, 3.05) is 20.3 Å². The van der Waals surface area contributed by atoms with Gasteiger partial charge in [-0.05, 0) is 31.5 Å². The van der Waals surface area contributed by atoms with Crippen LogP contribution in [0, 0.1) is 0 Å². The third kappa shape index (κ3) is 4.23. The molecule has 1 atom stereocenters. The highest BCUT2D eigenvalue weighted by Gasteiger charge is 2.33. The Bertz CT molecular complexity index is 433. The second-order valence-electron chi connectivity index (χ2n) is 4.91. The molecule has 0 heterocycles. The molecule has 0 bridgehead atoms. The van der Waals surface area contributed by atoms with Crippen LogP contribution in [-0.2, 0) is 16.0 Å². The highest BCUT2D eigenvalue weighted by Crippen LogP contribution is 2.20. The van der Waals surface area contributed by atoms with Gasteiger partial charge in [-0.1, -0.05) is 32.0 Å². The van der Waals surface area contributed by atoms with Gasteiger partial charge >= 0.3 is 5.97 Å². The molecule has 4 heteroatoms. The van der Waals surface area contributed by atoms with Crippen LogP contribution in [0.1, 0.15) is 32.8 Å². The van der Waals surface area contributed by atoms with Gasteiger partial charge in [-0.3, -0.25) is 4.79 Å². The molecular formula is C16H25NO3. The Morgan fingerprint density at radius 2 is 2.00 bits per heavy atom. The predicted molar refractivity (Wildman–Crippen MR) is 80.0 cm³/mol. The summed E-state index contributed by atoms with van der Waals surface area (Å²) in [5.74, 6) is 0.630. The molecule has 112 valence electrons. The van der Waals surface area contributed by atoms with Crippen molar-refractivity contribution in [1.29, 1.82) is 0 Å². The number of hydrogen-bond acceptors (Lipinski definition) is 4. The number of rotatable bonds is 8. The van der Waals surface area contributed by atoms with Crippen LogP contribution in [-0.4, -0.2) is 31.8 Å². The second kappa shape index (κ2) is 7.90. The van der Waals surface area contributed by atoms with E-state index >= 15 is 0 Å². The van der Waals surface area contributed by atoms with Crippen molar-refractivity contribution in [3.63, 3.8) is 0 Å². The third-order valence-corrected chi connectivity index (χ3v) is 3.42. The fourth-order valence-electron chi connectivity index (χ4n) is 2.18. The van der Waals surface area contributed by atoms with E-state index in [4.69, 9.17) is 9.47 Å². The number of nitrogens with one attached hydrogen (secondary N) is 1. The first-order chi connectivity index (χ1) is 9.57. The number of aryl methyl sites for hydroxylation is 1. The number of carbonyl (C=O) groups is 1. The zero-order valence-electron chi connectivity index (χ0n) is 12.9. The van der Waals surface area contributed by atoms with Gasteiger partial charge in [-0.15, -0.1) is 0 Å². The van der Waals surface area contributed by atoms with E-state index in [2.05, 4.69) is 18.3 Å². The van der Waals surface area contributed by atoms with E-state index in [0.717, 1.165) is 12.2 Å². The SMILES string of the molecule is CCNC(C)(CCOc1ccccc1CC)C(=O)OC. The van der Waals surface area contributed by atoms with Crippen molar-refractivity contribution in [2.45, 2.75) is 39.2 Å². The van der Waals surface area contributed by atoms with Gasteiger partial charge < -0.3 is 14.8 Å². The molecule has 0 radical (unpaired) electrons. The maximum atomic E-state index is 11.8. The van der Waals surface area contributed by atoms with E-state index in [1.165, 1.54) is 12.7 Å². The first kappa shape index (κ1) is 16.5. The smallest absolute Gasteiger partial charge is 0.325 e. The number of carbonyl (C=O) groups excluding carboxylic acids is 1. The summed E-state index contributed by atoms with van der Waals surface area (Å²) in [5.41, 5.74) is 0.473. The van der Waals surface area contributed by atoms with Gasteiger partial charge in [-0.25, -0.2) is 0 Å². The number of hydrogen-bond donors (Lipinski definition) is 1. The van der Waals surface area contributed by atoms with Gasteiger partial charge in [0.2, 0.25) is 0 Å². The number of likely N-dealkylation sites (N-methyl/N-ethyl adjacent to an activating group) is 1. The lowest BCUT2D eigenvalue weighted by Gasteiger charge is -2.27. The van der Waals surface area contributed by atoms with Gasteiger partial charge in [-0.2, -0.15) is 0 Å². The number of ether oxygens (including phenoxy) is 2. The minimum atomic E-state index is -0.704. The molecule has 0 spiro atoms. The molecule has 0 saturated heterocycles. The monoisotopic (exact) mass is 279 g/mol. The standard InChI is InChI=1S/C16H25NO3/c1-5-13-9-7-8-10-14(13)20-12-11-16(3,17-6-2)15(18)19-4/h7-10,17H,5-6,11-12H2,1-4H3. The van der Waals surface area contributed by atoms with Crippen LogP contribution < -0.4 is 10.1 Å². The molecule has 1 N–H and O–H groups in total. The van der Waals surface area contributed by atoms with Gasteiger partial charge in [0.15, 0.2) is 0 Å². The maximum absolute atomic E-state index is 11.8. The number of methoxy groups -OCH3 is 1. The molecule has 1 aromatic carbocycles. The van der Waals surface area contributed by atoms with Crippen molar-refractivity contribution in [3.05, 3.63) is 29.8 Å². The Balaban J connectivity index is 2.62. The van der Waals surface area contributed by atoms with E-state index in [9.17, 15) is 4.79 Å². The Morgan fingerprint density at radius 1 is 1.30 bits per heavy atom. The summed E-state index contributed by atoms with van der Waals surface area (Å²) in [4.78, 5) is 11.8. The summed E-state index contributed by atoms with van der Waals surface area (Å²) in [5, 5.41) is 3.17. The molecule has 0 aromatic heterocycles. The fourth-order valence-corrected chi connectivity index (χ4v) is 2.18. The molecule has 1 aromatic rings. The molecule has 0 aliphatic heterocycles. The number of benzene rings is 1. The second-order valence-corrected chi connectivity index (χ2v) is 4.91. The minimum absolute atomic E-state index is 0.258. The zero-order valence-corrected chi connectivity index (χ0v) is 12.9. The Kier molecular flexibility index (Phi) is 6.52. The largest absolute Gasteiger partial charge is 0.493 e. The Morgan fingerprint density at radius 3 is 2.60 bits per heavy atom. The average Bonchev–Trinajstić information content (AvgIpc) is 2.47. The molecule has 1 rings (SSSR count). The molecular weight excluding hydrogens is 254 g/mol. The molecule has 0 saturated carbocycles. The highest BCUT2D eigenvalue weighted by atomic mass is 16.5. The molecule has 1 unspecified atom stereocenters. The topological polar surface area (TPSA) is 47.6 Å². The summed E-state index contributed by atoms with van der Waals surface area (Å²) in [6.45, 7) is 7.08. The van der Waals surface area contributed by atoms with Crippen molar-refractivity contribution in [2.24, 2.45) is 0 Å². The molecule has 0 aliphatic rings. The van der Waals surface area contributed by atoms with Crippen LogP contribution in [0.4, 0.5) is 0 Å². The normalized spacial score (nSPS) is 13.6. The fraction of sp³-hybridized carbons (Fsp3) is 0.562. The van der Waals surface area contributed by atoms with Gasteiger partial charge in [0.25, 0.3) is 0 Å². The first-order valence-electron chi connectivity index (χ1n) is 7.11. The van der Waals surface area contributed by atoms with E-state index in [1.807, 2.05) is 32.0 Å². The molecule has 0 aliphatic carbocycles. The lowest BCUT2D eigenvalue weighted by molar-refractivity contribution is -0.148. The molecule has 0 fully saturated rings. The van der Waals surface area contributed by atoms with Crippen LogP contribution >= 0.6 is 0 Å². The quantitative estimate of drug-likeness (QED) is 0.743. The summed E-state index contributed by atoms with van der Waals surface area (Å²) in [6, 6.07) is 7.97. The summed E-state index contributed by atoms with van der Waals surface area (Å²) >= 11 is 0. The first-order valence-corrected chi connectivity index (χ1v) is 7.11. The van der Waals surface area contributed by atoms with Crippen LogP contribution in [0.3, 0.4) is 0 Å². The van der Waals surface area contributed by atoms with E-state index < -0.39 is 5.54 Å². The van der Waals surface area contributed by atoms with Gasteiger partial charge in [0.05, 0.1) is 13.7 Å². The van der Waals surface area contributed by atoms with E-state index in [0.29, 0.717) is 19.6 Å². The highest BCUT2D eigenvalue weighted by molar-refractivity contribution is 5.80. The summed E-state index contributed by atoms with van der Waals surface area (Å²) in [7, 11) is 1.41. The third-order valence-electron chi connectivity index (χ3n) is 3.42. The molecule has 4 nitrogen and oxygen atoms in total. The zero-order chi connectivity index (χ0) is 15.0. The Hall–Kier alpha value is -1.55. The van der Waals surface area contributed by atoms with Gasteiger partial charge in [0, 0.05) is 6.42 Å². The van der Waals surface area contributed by atoms with Crippen LogP contribution in [0.5, 0.6) is 5.75 Å². The van der Waals surface area contributed by atoms with Crippen LogP contribution in [0.25, 0.3) is 0 Å². The van der Waals surface area contributed by atoms with Crippen molar-refractivity contribution < 1.29 is 14.3 Å². The Labute approximate surface area is 121 Å². The molecule has 20 heavy (non-hydrogen) atoms. The summed E-state index contributed by atoms with van der Waals surface area (Å²) in [6.07, 6.45) is 1.49. The van der Waals surface area contributed by atoms with Crippen LogP contribution in [0.15, 0.2) is 24.3 Å². The number of esters is 1. The molecule has 0 amide bonds. The van der Waals surface area contributed by atoms with Crippen LogP contribution in [0.2, 0.25) is 0 Å². The number of para-hydroxylation sites is 1. The van der Waals surface area contributed by atoms with Crippen molar-refractivity contribution in [3.8, 4) is 5.75 Å². The van der Waals surface area contributed by atoms with E-state index in [1.54, 1.807) is 0 Å². The summed E-state index contributed by atoms with van der Waals surface area (Å²) < 4.78 is 10.7. The lowest BCUT2D eigenvalue weighted by atomic mass is 9.98. The van der Waals surface area contributed by atoms with Crippen molar-refractivity contribution >= 4 is 5.97 Å².